The summed E-state index contributed by atoms with van der Waals surface area (Å²) in [5.41, 5.74) is 3.22. The van der Waals surface area contributed by atoms with E-state index in [4.69, 9.17) is 4.74 Å². The molecule has 0 saturated carbocycles. The van der Waals surface area contributed by atoms with Crippen LogP contribution in [0, 0.1) is 0 Å². The zero-order valence-electron chi connectivity index (χ0n) is 15.5. The summed E-state index contributed by atoms with van der Waals surface area (Å²) < 4.78 is 5.11. The molecule has 1 fully saturated rings. The molecule has 0 aromatic heterocycles. The third kappa shape index (κ3) is 5.01. The van der Waals surface area contributed by atoms with Crippen LogP contribution in [0.1, 0.15) is 41.6 Å². The van der Waals surface area contributed by atoms with E-state index in [0.29, 0.717) is 12.1 Å². The van der Waals surface area contributed by atoms with Gasteiger partial charge in [0.15, 0.2) is 0 Å². The summed E-state index contributed by atoms with van der Waals surface area (Å²) in [6.07, 6.45) is 6.12. The molecule has 0 radical (unpaired) electrons. The third-order valence-corrected chi connectivity index (χ3v) is 4.96. The summed E-state index contributed by atoms with van der Waals surface area (Å²) in [4.78, 5) is 14.7. The van der Waals surface area contributed by atoms with Gasteiger partial charge in [0, 0.05) is 30.9 Å². The maximum Gasteiger partial charge on any atom is 0.251 e. The Kier molecular flexibility index (Phi) is 6.53. The van der Waals surface area contributed by atoms with Crippen LogP contribution in [0.4, 0.5) is 5.69 Å². The fraction of sp³-hybridized carbons (Fsp3) is 0.409. The van der Waals surface area contributed by atoms with Gasteiger partial charge in [-0.3, -0.25) is 4.79 Å². The third-order valence-electron chi connectivity index (χ3n) is 4.96. The fourth-order valence-corrected chi connectivity index (χ4v) is 3.37. The SMILES string of the molecule is COc1ccc(C(=O)NCCc2ccc(N3CCCCCC3)cc2)cc1. The lowest BCUT2D eigenvalue weighted by Crippen LogP contribution is -2.25. The number of carbonyl (C=O) groups is 1. The highest BCUT2D eigenvalue weighted by Crippen LogP contribution is 2.20. The normalized spacial score (nSPS) is 14.6. The van der Waals surface area contributed by atoms with Crippen LogP contribution in [-0.4, -0.2) is 32.7 Å². The minimum absolute atomic E-state index is 0.0474. The molecule has 4 heteroatoms. The molecular formula is C22H28N2O2. The first-order valence-electron chi connectivity index (χ1n) is 9.52. The molecule has 3 rings (SSSR count). The predicted molar refractivity (Wildman–Crippen MR) is 106 cm³/mol. The number of carbonyl (C=O) groups excluding carboxylic acids is 1. The number of hydrogen-bond donors (Lipinski definition) is 1. The lowest BCUT2D eigenvalue weighted by atomic mass is 10.1. The van der Waals surface area contributed by atoms with Gasteiger partial charge in [0.1, 0.15) is 5.75 Å². The molecule has 1 heterocycles. The van der Waals surface area contributed by atoms with E-state index in [1.54, 1.807) is 31.4 Å². The Morgan fingerprint density at radius 1 is 0.962 bits per heavy atom. The van der Waals surface area contributed by atoms with Crippen LogP contribution >= 0.6 is 0 Å². The van der Waals surface area contributed by atoms with Crippen molar-refractivity contribution in [1.29, 1.82) is 0 Å². The highest BCUT2D eigenvalue weighted by molar-refractivity contribution is 5.94. The van der Waals surface area contributed by atoms with Crippen molar-refractivity contribution >= 4 is 11.6 Å². The second-order valence-corrected chi connectivity index (χ2v) is 6.80. The highest BCUT2D eigenvalue weighted by Gasteiger charge is 2.10. The molecule has 0 bridgehead atoms. The van der Waals surface area contributed by atoms with E-state index < -0.39 is 0 Å². The van der Waals surface area contributed by atoms with Gasteiger partial charge in [0.05, 0.1) is 7.11 Å². The van der Waals surface area contributed by atoms with E-state index >= 15 is 0 Å². The first-order chi connectivity index (χ1) is 12.8. The highest BCUT2D eigenvalue weighted by atomic mass is 16.5. The molecule has 26 heavy (non-hydrogen) atoms. The molecule has 1 aliphatic rings. The minimum Gasteiger partial charge on any atom is -0.497 e. The van der Waals surface area contributed by atoms with Gasteiger partial charge >= 0.3 is 0 Å². The molecule has 0 aliphatic carbocycles. The first-order valence-corrected chi connectivity index (χ1v) is 9.52. The van der Waals surface area contributed by atoms with Crippen LogP contribution in [0.15, 0.2) is 48.5 Å². The molecule has 4 nitrogen and oxygen atoms in total. The minimum atomic E-state index is -0.0474. The molecule has 1 saturated heterocycles. The molecule has 1 N–H and O–H groups in total. The molecule has 1 amide bonds. The summed E-state index contributed by atoms with van der Waals surface area (Å²) in [6.45, 7) is 2.96. The lowest BCUT2D eigenvalue weighted by Gasteiger charge is -2.22. The number of anilines is 1. The van der Waals surface area contributed by atoms with Gasteiger partial charge in [-0.2, -0.15) is 0 Å². The molecule has 0 unspecified atom stereocenters. The first kappa shape index (κ1) is 18.3. The second-order valence-electron chi connectivity index (χ2n) is 6.80. The van der Waals surface area contributed by atoms with Crippen molar-refractivity contribution in [2.45, 2.75) is 32.1 Å². The Morgan fingerprint density at radius 3 is 2.23 bits per heavy atom. The molecule has 1 aliphatic heterocycles. The molecule has 2 aromatic carbocycles. The number of hydrogen-bond acceptors (Lipinski definition) is 3. The Bertz CT molecular complexity index is 687. The number of nitrogens with one attached hydrogen (secondary N) is 1. The van der Waals surface area contributed by atoms with Crippen molar-refractivity contribution in [3.63, 3.8) is 0 Å². The van der Waals surface area contributed by atoms with Gasteiger partial charge in [-0.25, -0.2) is 0 Å². The molecule has 0 spiro atoms. The van der Waals surface area contributed by atoms with Gasteiger partial charge in [-0.05, 0) is 61.2 Å². The molecule has 2 aromatic rings. The van der Waals surface area contributed by atoms with Gasteiger partial charge in [-0.15, -0.1) is 0 Å². The van der Waals surface area contributed by atoms with Crippen molar-refractivity contribution in [3.8, 4) is 5.75 Å². The summed E-state index contributed by atoms with van der Waals surface area (Å²) in [7, 11) is 1.62. The van der Waals surface area contributed by atoms with Crippen LogP contribution < -0.4 is 15.0 Å². The van der Waals surface area contributed by atoms with Crippen LogP contribution in [0.5, 0.6) is 5.75 Å². The van der Waals surface area contributed by atoms with Gasteiger partial charge in [0.2, 0.25) is 0 Å². The monoisotopic (exact) mass is 352 g/mol. The van der Waals surface area contributed by atoms with E-state index in [9.17, 15) is 4.79 Å². The maximum atomic E-state index is 12.2. The number of ether oxygens (including phenoxy) is 1. The number of amides is 1. The van der Waals surface area contributed by atoms with Crippen LogP contribution in [0.25, 0.3) is 0 Å². The Labute approximate surface area is 156 Å². The number of methoxy groups -OCH3 is 1. The average Bonchev–Trinajstić information content (AvgIpc) is 2.98. The zero-order chi connectivity index (χ0) is 18.2. The standard InChI is InChI=1S/C22H28N2O2/c1-26-21-12-8-19(9-13-21)22(25)23-15-14-18-6-10-20(11-7-18)24-16-4-2-3-5-17-24/h6-13H,2-5,14-17H2,1H3,(H,23,25). The van der Waals surface area contributed by atoms with Crippen molar-refractivity contribution in [1.82, 2.24) is 5.32 Å². The lowest BCUT2D eigenvalue weighted by molar-refractivity contribution is 0.0954. The number of benzene rings is 2. The fourth-order valence-electron chi connectivity index (χ4n) is 3.37. The van der Waals surface area contributed by atoms with Crippen LogP contribution in [0.3, 0.4) is 0 Å². The van der Waals surface area contributed by atoms with Gasteiger partial charge in [0.25, 0.3) is 5.91 Å². The zero-order valence-corrected chi connectivity index (χ0v) is 15.5. The maximum absolute atomic E-state index is 12.2. The Balaban J connectivity index is 1.47. The summed E-state index contributed by atoms with van der Waals surface area (Å²) >= 11 is 0. The number of nitrogens with zero attached hydrogens (tertiary/aromatic N) is 1. The molecule has 0 atom stereocenters. The second kappa shape index (κ2) is 9.27. The van der Waals surface area contributed by atoms with E-state index in [0.717, 1.165) is 25.3 Å². The van der Waals surface area contributed by atoms with Gasteiger partial charge in [-0.1, -0.05) is 25.0 Å². The Hall–Kier alpha value is -2.49. The van der Waals surface area contributed by atoms with Crippen molar-refractivity contribution in [2.75, 3.05) is 31.6 Å². The van der Waals surface area contributed by atoms with Gasteiger partial charge < -0.3 is 15.0 Å². The molecular weight excluding hydrogens is 324 g/mol. The van der Waals surface area contributed by atoms with E-state index in [1.807, 2.05) is 0 Å². The van der Waals surface area contributed by atoms with Crippen molar-refractivity contribution in [3.05, 3.63) is 59.7 Å². The summed E-state index contributed by atoms with van der Waals surface area (Å²) in [6, 6.07) is 16.0. The van der Waals surface area contributed by atoms with E-state index in [2.05, 4.69) is 34.5 Å². The van der Waals surface area contributed by atoms with Crippen LogP contribution in [-0.2, 0) is 6.42 Å². The Morgan fingerprint density at radius 2 is 1.62 bits per heavy atom. The summed E-state index contributed by atoms with van der Waals surface area (Å²) in [5.74, 6) is 0.708. The van der Waals surface area contributed by atoms with Crippen molar-refractivity contribution in [2.24, 2.45) is 0 Å². The summed E-state index contributed by atoms with van der Waals surface area (Å²) in [5, 5.41) is 2.98. The largest absolute Gasteiger partial charge is 0.497 e. The smallest absolute Gasteiger partial charge is 0.251 e. The van der Waals surface area contributed by atoms with E-state index in [1.165, 1.54) is 36.9 Å². The van der Waals surface area contributed by atoms with E-state index in [-0.39, 0.29) is 5.91 Å². The quantitative estimate of drug-likeness (QED) is 0.853. The van der Waals surface area contributed by atoms with Crippen molar-refractivity contribution < 1.29 is 9.53 Å². The molecule has 138 valence electrons. The predicted octanol–water partition coefficient (Wildman–Crippen LogP) is 4.05. The topological polar surface area (TPSA) is 41.6 Å². The van der Waals surface area contributed by atoms with Crippen LogP contribution in [0.2, 0.25) is 0 Å². The average molecular weight is 352 g/mol. The number of rotatable bonds is 6.